The third-order valence-electron chi connectivity index (χ3n) is 1.52. The summed E-state index contributed by atoms with van der Waals surface area (Å²) in [5.74, 6) is -0.462. The van der Waals surface area contributed by atoms with Crippen molar-refractivity contribution in [1.82, 2.24) is 4.98 Å². The lowest BCUT2D eigenvalue weighted by Crippen LogP contribution is -2.15. The van der Waals surface area contributed by atoms with Crippen molar-refractivity contribution >= 4 is 40.8 Å². The molecule has 0 aliphatic rings. The van der Waals surface area contributed by atoms with E-state index in [1.165, 1.54) is 6.20 Å². The summed E-state index contributed by atoms with van der Waals surface area (Å²) in [4.78, 5) is 14.8. The smallest absolute Gasteiger partial charge is 0.344 e. The normalized spacial score (nSPS) is 10.0. The van der Waals surface area contributed by atoms with Crippen LogP contribution in [0.3, 0.4) is 0 Å². The van der Waals surface area contributed by atoms with Crippen LogP contribution in [0.15, 0.2) is 6.20 Å². The van der Waals surface area contributed by atoms with Gasteiger partial charge < -0.3 is 9.47 Å². The number of nitrogens with zero attached hydrogens (tertiary/aromatic N) is 1. The van der Waals surface area contributed by atoms with E-state index in [1.807, 2.05) is 0 Å². The minimum Gasteiger partial charge on any atom is -0.465 e. The van der Waals surface area contributed by atoms with E-state index in [2.05, 4.69) is 9.72 Å². The number of halogens is 3. The molecule has 4 nitrogen and oxygen atoms in total. The van der Waals surface area contributed by atoms with Crippen molar-refractivity contribution in [2.75, 3.05) is 13.2 Å². The van der Waals surface area contributed by atoms with Crippen molar-refractivity contribution in [2.45, 2.75) is 6.92 Å². The van der Waals surface area contributed by atoms with Crippen molar-refractivity contribution in [3.05, 3.63) is 21.3 Å². The van der Waals surface area contributed by atoms with Crippen LogP contribution in [0.25, 0.3) is 0 Å². The summed E-state index contributed by atoms with van der Waals surface area (Å²) in [6, 6.07) is 0. The third kappa shape index (κ3) is 3.40. The Morgan fingerprint density at radius 2 is 2.06 bits per heavy atom. The van der Waals surface area contributed by atoms with Crippen LogP contribution in [0.4, 0.5) is 0 Å². The molecule has 16 heavy (non-hydrogen) atoms. The van der Waals surface area contributed by atoms with Crippen LogP contribution in [-0.2, 0) is 9.53 Å². The fraction of sp³-hybridized carbons (Fsp3) is 0.333. The molecule has 0 aliphatic heterocycles. The average Bonchev–Trinajstić information content (AvgIpc) is 2.25. The van der Waals surface area contributed by atoms with E-state index < -0.39 is 5.97 Å². The Hall–Kier alpha value is -0.710. The van der Waals surface area contributed by atoms with Gasteiger partial charge in [-0.3, -0.25) is 0 Å². The molecule has 0 amide bonds. The van der Waals surface area contributed by atoms with Crippen LogP contribution in [0, 0.1) is 0 Å². The maximum atomic E-state index is 11.0. The number of rotatable bonds is 4. The molecule has 0 bridgehead atoms. The van der Waals surface area contributed by atoms with Gasteiger partial charge in [-0.25, -0.2) is 9.78 Å². The number of carbonyl (C=O) groups is 1. The molecular formula is C9H8Cl3NO3. The third-order valence-corrected chi connectivity index (χ3v) is 2.74. The number of hydrogen-bond donors (Lipinski definition) is 0. The molecule has 7 heteroatoms. The highest BCUT2D eigenvalue weighted by atomic mass is 35.5. The first-order valence-electron chi connectivity index (χ1n) is 4.34. The molecule has 0 N–H and O–H groups in total. The van der Waals surface area contributed by atoms with Gasteiger partial charge in [-0.05, 0) is 6.92 Å². The van der Waals surface area contributed by atoms with Gasteiger partial charge in [-0.15, -0.1) is 0 Å². The number of hydrogen-bond acceptors (Lipinski definition) is 4. The van der Waals surface area contributed by atoms with Crippen molar-refractivity contribution in [2.24, 2.45) is 0 Å². The van der Waals surface area contributed by atoms with Crippen molar-refractivity contribution < 1.29 is 14.3 Å². The molecule has 0 aromatic carbocycles. The van der Waals surface area contributed by atoms with Gasteiger partial charge in [0.1, 0.15) is 5.02 Å². The summed E-state index contributed by atoms with van der Waals surface area (Å²) >= 11 is 17.2. The van der Waals surface area contributed by atoms with Crippen LogP contribution in [0.1, 0.15) is 6.92 Å². The Morgan fingerprint density at radius 3 is 2.69 bits per heavy atom. The summed E-state index contributed by atoms with van der Waals surface area (Å²) in [5, 5.41) is 0.422. The molecule has 0 unspecified atom stereocenters. The van der Waals surface area contributed by atoms with Crippen LogP contribution >= 0.6 is 34.8 Å². The fourth-order valence-corrected chi connectivity index (χ4v) is 1.38. The molecule has 0 atom stereocenters. The summed E-state index contributed by atoms with van der Waals surface area (Å²) in [6.07, 6.45) is 1.29. The molecule has 88 valence electrons. The predicted molar refractivity (Wildman–Crippen MR) is 61.4 cm³/mol. The highest BCUT2D eigenvalue weighted by Crippen LogP contribution is 2.34. The summed E-state index contributed by atoms with van der Waals surface area (Å²) in [5.41, 5.74) is 0. The monoisotopic (exact) mass is 283 g/mol. The van der Waals surface area contributed by atoms with Gasteiger partial charge in [-0.1, -0.05) is 34.8 Å². The van der Waals surface area contributed by atoms with Gasteiger partial charge in [0.15, 0.2) is 6.61 Å². The van der Waals surface area contributed by atoms with Gasteiger partial charge in [-0.2, -0.15) is 0 Å². The Morgan fingerprint density at radius 1 is 1.38 bits per heavy atom. The SMILES string of the molecule is CCOC(=O)COc1ncc(Cl)c(Cl)c1Cl. The minimum atomic E-state index is -0.508. The lowest BCUT2D eigenvalue weighted by Gasteiger charge is -2.07. The molecule has 0 fully saturated rings. The quantitative estimate of drug-likeness (QED) is 0.798. The van der Waals surface area contributed by atoms with E-state index in [0.717, 1.165) is 0 Å². The molecule has 0 aliphatic carbocycles. The second kappa shape index (κ2) is 6.13. The number of aromatic nitrogens is 1. The molecule has 0 spiro atoms. The molecule has 0 saturated carbocycles. The second-order valence-corrected chi connectivity index (χ2v) is 3.80. The Bertz CT molecular complexity index is 398. The van der Waals surface area contributed by atoms with Gasteiger partial charge in [0.05, 0.1) is 22.8 Å². The van der Waals surface area contributed by atoms with Crippen molar-refractivity contribution in [1.29, 1.82) is 0 Å². The van der Waals surface area contributed by atoms with Crippen LogP contribution < -0.4 is 4.74 Å². The molecule has 1 aromatic heterocycles. The number of esters is 1. The first kappa shape index (κ1) is 13.4. The minimum absolute atomic E-state index is 0.0455. The van der Waals surface area contributed by atoms with E-state index in [4.69, 9.17) is 39.5 Å². The zero-order valence-corrected chi connectivity index (χ0v) is 10.6. The topological polar surface area (TPSA) is 48.4 Å². The maximum Gasteiger partial charge on any atom is 0.344 e. The second-order valence-electron chi connectivity index (χ2n) is 2.63. The molecule has 0 radical (unpaired) electrons. The largest absolute Gasteiger partial charge is 0.465 e. The van der Waals surface area contributed by atoms with Gasteiger partial charge in [0, 0.05) is 0 Å². The van der Waals surface area contributed by atoms with Crippen LogP contribution in [0.2, 0.25) is 15.1 Å². The number of ether oxygens (including phenoxy) is 2. The lowest BCUT2D eigenvalue weighted by atomic mass is 10.5. The maximum absolute atomic E-state index is 11.0. The predicted octanol–water partition coefficient (Wildman–Crippen LogP) is 2.98. The van der Waals surface area contributed by atoms with Gasteiger partial charge in [0.25, 0.3) is 0 Å². The van der Waals surface area contributed by atoms with Gasteiger partial charge >= 0.3 is 5.97 Å². The number of pyridine rings is 1. The number of carbonyl (C=O) groups excluding carboxylic acids is 1. The molecule has 1 rings (SSSR count). The summed E-state index contributed by atoms with van der Waals surface area (Å²) in [7, 11) is 0. The Kier molecular flexibility index (Phi) is 5.12. The molecule has 0 saturated heterocycles. The van der Waals surface area contributed by atoms with E-state index in [1.54, 1.807) is 6.92 Å². The Labute approximate surface area is 107 Å². The van der Waals surface area contributed by atoms with E-state index >= 15 is 0 Å². The van der Waals surface area contributed by atoms with Crippen molar-refractivity contribution in [3.63, 3.8) is 0 Å². The highest BCUT2D eigenvalue weighted by molar-refractivity contribution is 6.48. The molecule has 1 heterocycles. The molecule has 1 aromatic rings. The first-order chi connectivity index (χ1) is 7.56. The summed E-state index contributed by atoms with van der Waals surface area (Å²) < 4.78 is 9.69. The average molecular weight is 285 g/mol. The van der Waals surface area contributed by atoms with Crippen molar-refractivity contribution in [3.8, 4) is 5.88 Å². The standard InChI is InChI=1S/C9H8Cl3NO3/c1-2-15-6(14)4-16-9-8(12)7(11)5(10)3-13-9/h3H,2,4H2,1H3. The fourth-order valence-electron chi connectivity index (χ4n) is 0.858. The zero-order valence-electron chi connectivity index (χ0n) is 8.30. The Balaban J connectivity index is 2.68. The van der Waals surface area contributed by atoms with E-state index in [-0.39, 0.29) is 34.2 Å². The first-order valence-corrected chi connectivity index (χ1v) is 5.47. The summed E-state index contributed by atoms with van der Waals surface area (Å²) in [6.45, 7) is 1.70. The van der Waals surface area contributed by atoms with E-state index in [9.17, 15) is 4.79 Å². The molecular weight excluding hydrogens is 276 g/mol. The van der Waals surface area contributed by atoms with E-state index in [0.29, 0.717) is 0 Å². The highest BCUT2D eigenvalue weighted by Gasteiger charge is 2.13. The lowest BCUT2D eigenvalue weighted by molar-refractivity contribution is -0.145. The van der Waals surface area contributed by atoms with Crippen LogP contribution in [-0.4, -0.2) is 24.2 Å². The zero-order chi connectivity index (χ0) is 12.1. The van der Waals surface area contributed by atoms with Gasteiger partial charge in [0.2, 0.25) is 5.88 Å². The van der Waals surface area contributed by atoms with Crippen LogP contribution in [0.5, 0.6) is 5.88 Å².